The Labute approximate surface area is 321 Å². The number of rotatable bonds is 5. The van der Waals surface area contributed by atoms with Gasteiger partial charge in [0.15, 0.2) is 0 Å². The van der Waals surface area contributed by atoms with E-state index in [4.69, 9.17) is 0 Å². The van der Waals surface area contributed by atoms with Crippen molar-refractivity contribution in [2.75, 3.05) is 0 Å². The van der Waals surface area contributed by atoms with Crippen LogP contribution in [0, 0.1) is 0 Å². The molecule has 1 aliphatic carbocycles. The number of hydrogen-bond acceptors (Lipinski definition) is 0. The molecule has 0 amide bonds. The van der Waals surface area contributed by atoms with Crippen molar-refractivity contribution in [2.45, 2.75) is 6.42 Å². The topological polar surface area (TPSA) is 0 Å². The Morgan fingerprint density at radius 3 is 1.13 bits per heavy atom. The molecular formula is C55H36. The van der Waals surface area contributed by atoms with E-state index in [9.17, 15) is 0 Å². The van der Waals surface area contributed by atoms with Crippen LogP contribution < -0.4 is 0 Å². The first-order valence-electron chi connectivity index (χ1n) is 19.2. The molecule has 0 aromatic heterocycles. The van der Waals surface area contributed by atoms with Gasteiger partial charge in [0.1, 0.15) is 0 Å². The van der Waals surface area contributed by atoms with E-state index in [1.165, 1.54) is 110 Å². The lowest BCUT2D eigenvalue weighted by Crippen LogP contribution is -1.92. The first-order chi connectivity index (χ1) is 27.3. The number of hydrogen-bond donors (Lipinski definition) is 0. The lowest BCUT2D eigenvalue weighted by atomic mass is 9.88. The maximum absolute atomic E-state index is 2.44. The van der Waals surface area contributed by atoms with Gasteiger partial charge in [-0.1, -0.05) is 170 Å². The molecule has 10 aromatic rings. The zero-order chi connectivity index (χ0) is 36.3. The van der Waals surface area contributed by atoms with E-state index in [-0.39, 0.29) is 0 Å². The molecule has 0 fully saturated rings. The fourth-order valence-corrected chi connectivity index (χ4v) is 9.06. The Hall–Kier alpha value is -7.02. The van der Waals surface area contributed by atoms with Crippen LogP contribution in [0.3, 0.4) is 0 Å². The fraction of sp³-hybridized carbons (Fsp3) is 0.0182. The monoisotopic (exact) mass is 696 g/mol. The van der Waals surface area contributed by atoms with Gasteiger partial charge in [-0.05, 0) is 153 Å². The van der Waals surface area contributed by atoms with E-state index in [2.05, 4.69) is 206 Å². The summed E-state index contributed by atoms with van der Waals surface area (Å²) in [7, 11) is 0. The van der Waals surface area contributed by atoms with E-state index >= 15 is 0 Å². The van der Waals surface area contributed by atoms with Crippen LogP contribution in [-0.4, -0.2) is 0 Å². The van der Waals surface area contributed by atoms with Gasteiger partial charge in [0, 0.05) is 0 Å². The maximum Gasteiger partial charge on any atom is -0.000110 e. The molecule has 0 saturated heterocycles. The van der Waals surface area contributed by atoms with Gasteiger partial charge in [-0.2, -0.15) is 0 Å². The van der Waals surface area contributed by atoms with Gasteiger partial charge in [-0.25, -0.2) is 0 Å². The van der Waals surface area contributed by atoms with Crippen LogP contribution in [-0.2, 0) is 6.42 Å². The smallest absolute Gasteiger partial charge is 0.000110 e. The van der Waals surface area contributed by atoms with Gasteiger partial charge in [-0.3, -0.25) is 0 Å². The first-order valence-corrected chi connectivity index (χ1v) is 19.2. The van der Waals surface area contributed by atoms with Gasteiger partial charge in [0.2, 0.25) is 0 Å². The first kappa shape index (κ1) is 31.5. The molecule has 0 nitrogen and oxygen atoms in total. The summed E-state index contributed by atoms with van der Waals surface area (Å²) >= 11 is 0. The molecule has 11 rings (SSSR count). The minimum Gasteiger partial charge on any atom is -0.0622 e. The highest BCUT2D eigenvalue weighted by atomic mass is 14.3. The molecule has 0 aliphatic heterocycles. The lowest BCUT2D eigenvalue weighted by Gasteiger charge is -2.15. The molecule has 0 spiro atoms. The van der Waals surface area contributed by atoms with Crippen LogP contribution >= 0.6 is 0 Å². The fourth-order valence-electron chi connectivity index (χ4n) is 9.06. The summed E-state index contributed by atoms with van der Waals surface area (Å²) in [6, 6.07) is 76.2. The highest BCUT2D eigenvalue weighted by Gasteiger charge is 2.27. The van der Waals surface area contributed by atoms with Crippen LogP contribution in [0.1, 0.15) is 11.1 Å². The summed E-state index contributed by atoms with van der Waals surface area (Å²) in [5.41, 5.74) is 18.0. The predicted molar refractivity (Wildman–Crippen MR) is 234 cm³/mol. The Morgan fingerprint density at radius 1 is 0.200 bits per heavy atom. The molecule has 0 N–H and O–H groups in total. The molecule has 55 heavy (non-hydrogen) atoms. The summed E-state index contributed by atoms with van der Waals surface area (Å²) in [5, 5.41) is 7.79. The second-order valence-electron chi connectivity index (χ2n) is 14.8. The Morgan fingerprint density at radius 2 is 0.582 bits per heavy atom. The van der Waals surface area contributed by atoms with Crippen LogP contribution in [0.4, 0.5) is 0 Å². The van der Waals surface area contributed by atoms with Gasteiger partial charge in [0.25, 0.3) is 0 Å². The van der Waals surface area contributed by atoms with Crippen molar-refractivity contribution < 1.29 is 0 Å². The highest BCUT2D eigenvalue weighted by Crippen LogP contribution is 2.49. The van der Waals surface area contributed by atoms with Crippen molar-refractivity contribution in [3.05, 3.63) is 217 Å². The lowest BCUT2D eigenvalue weighted by molar-refractivity contribution is 1.26. The third-order valence-electron chi connectivity index (χ3n) is 11.7. The zero-order valence-electron chi connectivity index (χ0n) is 30.3. The minimum absolute atomic E-state index is 0.883. The van der Waals surface area contributed by atoms with E-state index in [1.807, 2.05) is 0 Å². The summed E-state index contributed by atoms with van der Waals surface area (Å²) < 4.78 is 0. The van der Waals surface area contributed by atoms with E-state index in [1.54, 1.807) is 0 Å². The second-order valence-corrected chi connectivity index (χ2v) is 14.8. The quantitative estimate of drug-likeness (QED) is 0.157. The molecule has 1 aliphatic rings. The van der Waals surface area contributed by atoms with E-state index in [0.717, 1.165) is 6.42 Å². The van der Waals surface area contributed by atoms with Crippen LogP contribution in [0.25, 0.3) is 99.1 Å². The summed E-state index contributed by atoms with van der Waals surface area (Å²) in [6.07, 6.45) is 0.883. The van der Waals surface area contributed by atoms with Gasteiger partial charge >= 0.3 is 0 Å². The van der Waals surface area contributed by atoms with Crippen molar-refractivity contribution in [1.29, 1.82) is 0 Å². The van der Waals surface area contributed by atoms with E-state index < -0.39 is 0 Å². The van der Waals surface area contributed by atoms with E-state index in [0.29, 0.717) is 0 Å². The SMILES string of the molecule is c1ccc(-c2cc(-c3ccccc3)c3c(c2)-c2cc(-c4ccccc4)cc(-c4cccc(-c5ccc6c7ccccc7c7ccccc7c6c5)c4)c2C3)cc1. The number of benzene rings is 10. The summed E-state index contributed by atoms with van der Waals surface area (Å²) in [4.78, 5) is 0. The molecule has 0 heterocycles. The van der Waals surface area contributed by atoms with Gasteiger partial charge < -0.3 is 0 Å². The summed E-state index contributed by atoms with van der Waals surface area (Å²) in [5.74, 6) is 0. The van der Waals surface area contributed by atoms with Crippen LogP contribution in [0.15, 0.2) is 206 Å². The predicted octanol–water partition coefficient (Wildman–Crippen LogP) is 15.1. The normalized spacial score (nSPS) is 11.9. The molecule has 0 radical (unpaired) electrons. The molecule has 0 unspecified atom stereocenters. The van der Waals surface area contributed by atoms with Crippen molar-refractivity contribution >= 4 is 32.3 Å². The van der Waals surface area contributed by atoms with Crippen LogP contribution in [0.2, 0.25) is 0 Å². The highest BCUT2D eigenvalue weighted by molar-refractivity contribution is 6.25. The van der Waals surface area contributed by atoms with Crippen LogP contribution in [0.5, 0.6) is 0 Å². The van der Waals surface area contributed by atoms with Crippen molar-refractivity contribution in [3.8, 4) is 66.8 Å². The third-order valence-corrected chi connectivity index (χ3v) is 11.7. The Bertz CT molecular complexity index is 3050. The second kappa shape index (κ2) is 12.8. The van der Waals surface area contributed by atoms with Crippen molar-refractivity contribution in [3.63, 3.8) is 0 Å². The zero-order valence-corrected chi connectivity index (χ0v) is 30.3. The Balaban J connectivity index is 1.11. The molecule has 10 aromatic carbocycles. The molecule has 0 saturated carbocycles. The Kier molecular flexibility index (Phi) is 7.35. The molecular weight excluding hydrogens is 661 g/mol. The molecule has 0 bridgehead atoms. The molecule has 0 heteroatoms. The van der Waals surface area contributed by atoms with Crippen molar-refractivity contribution in [2.24, 2.45) is 0 Å². The minimum atomic E-state index is 0.883. The largest absolute Gasteiger partial charge is 0.0622 e. The average molecular weight is 697 g/mol. The maximum atomic E-state index is 2.44. The van der Waals surface area contributed by atoms with Crippen molar-refractivity contribution in [1.82, 2.24) is 0 Å². The molecule has 0 atom stereocenters. The third kappa shape index (κ3) is 5.30. The van der Waals surface area contributed by atoms with Gasteiger partial charge in [0.05, 0.1) is 0 Å². The standard InChI is InChI=1S/C55H36/c1-4-15-36(16-5-1)42-31-49(38-19-8-3-9-20-38)54-35-55-50(32-43(34-53(55)52(54)33-42)37-17-6-2-7-18-37)41-22-14-21-39(29-41)40-27-28-48-46-25-11-10-23-44(46)45-24-12-13-26-47(45)51(48)30-40/h1-34H,35H2. The average Bonchev–Trinajstić information content (AvgIpc) is 3.65. The summed E-state index contributed by atoms with van der Waals surface area (Å²) in [6.45, 7) is 0. The number of fused-ring (bicyclic) bond motifs is 9. The molecule has 256 valence electrons. The van der Waals surface area contributed by atoms with Gasteiger partial charge in [-0.15, -0.1) is 0 Å².